The lowest BCUT2D eigenvalue weighted by molar-refractivity contribution is 0.387. The van der Waals surface area contributed by atoms with Gasteiger partial charge in [0.25, 0.3) is 0 Å². The van der Waals surface area contributed by atoms with E-state index in [1.54, 1.807) is 34.3 Å². The molecule has 9 nitrogen and oxygen atoms in total. The van der Waals surface area contributed by atoms with E-state index >= 15 is 0 Å². The summed E-state index contributed by atoms with van der Waals surface area (Å²) in [7, 11) is 1.45. The summed E-state index contributed by atoms with van der Waals surface area (Å²) in [5.74, 6) is -0.264. The Morgan fingerprint density at radius 1 is 1.00 bits per heavy atom. The van der Waals surface area contributed by atoms with Gasteiger partial charge in [-0.1, -0.05) is 11.3 Å². The monoisotopic (exact) mass is 476 g/mol. The van der Waals surface area contributed by atoms with Crippen LogP contribution in [0.15, 0.2) is 43.0 Å². The minimum atomic E-state index is -0.441. The number of ether oxygens (including phenoxy) is 1. The Kier molecular flexibility index (Phi) is 4.98. The van der Waals surface area contributed by atoms with Crippen molar-refractivity contribution >= 4 is 38.7 Å². The molecular weight excluding hydrogens is 455 g/mol. The molecule has 0 saturated carbocycles. The maximum absolute atomic E-state index is 14.2. The van der Waals surface area contributed by atoms with Gasteiger partial charge in [-0.2, -0.15) is 5.10 Å². The van der Waals surface area contributed by atoms with E-state index in [0.717, 1.165) is 64.2 Å². The highest BCUT2D eigenvalue weighted by molar-refractivity contribution is 7.15. The highest BCUT2D eigenvalue weighted by Gasteiger charge is 2.21. The number of methoxy groups -OCH3 is 1. The van der Waals surface area contributed by atoms with Gasteiger partial charge in [-0.15, -0.1) is 10.2 Å². The van der Waals surface area contributed by atoms with Crippen LogP contribution in [0.4, 0.5) is 15.2 Å². The second-order valence-electron chi connectivity index (χ2n) is 8.08. The number of rotatable bonds is 4. The van der Waals surface area contributed by atoms with Crippen molar-refractivity contribution in [3.8, 4) is 16.9 Å². The second kappa shape index (κ2) is 8.17. The lowest BCUT2D eigenvalue weighted by Gasteiger charge is -2.35. The number of pyridine rings is 1. The lowest BCUT2D eigenvalue weighted by atomic mass is 10.0. The van der Waals surface area contributed by atoms with Crippen LogP contribution in [0.5, 0.6) is 5.75 Å². The van der Waals surface area contributed by atoms with E-state index in [1.807, 2.05) is 25.4 Å². The van der Waals surface area contributed by atoms with E-state index in [4.69, 9.17) is 9.72 Å². The van der Waals surface area contributed by atoms with Gasteiger partial charge < -0.3 is 14.5 Å². The summed E-state index contributed by atoms with van der Waals surface area (Å²) in [5, 5.41) is 15.7. The standard InChI is InChI=1S/C23H21FN8OS/c1-14-28-29-23(34-14)31-7-5-30(6-8-31)15-11-26-22-18(12-27-32(22)13-15)16-3-4-25-20-10-19(24)21(33-2)9-17(16)20/h3-4,9-13H,5-8H2,1-2H3. The number of fused-ring (bicyclic) bond motifs is 2. The van der Waals surface area contributed by atoms with Crippen LogP contribution in [-0.4, -0.2) is 63.1 Å². The summed E-state index contributed by atoms with van der Waals surface area (Å²) in [6, 6.07) is 4.95. The zero-order valence-corrected chi connectivity index (χ0v) is 19.5. The van der Waals surface area contributed by atoms with Gasteiger partial charge in [-0.25, -0.2) is 13.9 Å². The van der Waals surface area contributed by atoms with Crippen LogP contribution in [0.1, 0.15) is 5.01 Å². The molecule has 6 rings (SSSR count). The first-order valence-electron chi connectivity index (χ1n) is 10.9. The first kappa shape index (κ1) is 20.7. The van der Waals surface area contributed by atoms with Crippen molar-refractivity contribution in [3.63, 3.8) is 0 Å². The van der Waals surface area contributed by atoms with Gasteiger partial charge in [0.05, 0.1) is 36.9 Å². The molecule has 5 heterocycles. The summed E-state index contributed by atoms with van der Waals surface area (Å²) >= 11 is 1.62. The van der Waals surface area contributed by atoms with Crippen molar-refractivity contribution in [1.82, 2.24) is 29.8 Å². The molecule has 0 aliphatic carbocycles. The molecule has 1 aromatic carbocycles. The molecule has 0 N–H and O–H groups in total. The molecule has 1 aliphatic rings. The van der Waals surface area contributed by atoms with Crippen LogP contribution in [-0.2, 0) is 0 Å². The van der Waals surface area contributed by atoms with E-state index in [-0.39, 0.29) is 5.75 Å². The van der Waals surface area contributed by atoms with Crippen molar-refractivity contribution in [3.05, 3.63) is 53.8 Å². The summed E-state index contributed by atoms with van der Waals surface area (Å²) in [4.78, 5) is 13.6. The first-order chi connectivity index (χ1) is 16.6. The molecule has 11 heteroatoms. The van der Waals surface area contributed by atoms with Gasteiger partial charge >= 0.3 is 0 Å². The minimum absolute atomic E-state index is 0.177. The van der Waals surface area contributed by atoms with E-state index in [9.17, 15) is 4.39 Å². The van der Waals surface area contributed by atoms with Gasteiger partial charge in [0, 0.05) is 49.4 Å². The first-order valence-corrected chi connectivity index (χ1v) is 11.7. The number of aromatic nitrogens is 6. The third-order valence-electron chi connectivity index (χ3n) is 6.08. The molecule has 1 saturated heterocycles. The second-order valence-corrected chi connectivity index (χ2v) is 9.24. The summed E-state index contributed by atoms with van der Waals surface area (Å²) in [6.07, 6.45) is 7.34. The molecule has 0 bridgehead atoms. The number of nitrogens with zero attached hydrogens (tertiary/aromatic N) is 8. The van der Waals surface area contributed by atoms with Crippen molar-refractivity contribution in [2.45, 2.75) is 6.92 Å². The van der Waals surface area contributed by atoms with Gasteiger partial charge in [0.1, 0.15) is 5.01 Å². The zero-order valence-electron chi connectivity index (χ0n) is 18.6. The van der Waals surface area contributed by atoms with Crippen molar-refractivity contribution < 1.29 is 9.13 Å². The lowest BCUT2D eigenvalue weighted by Crippen LogP contribution is -2.46. The maximum atomic E-state index is 14.2. The summed E-state index contributed by atoms with van der Waals surface area (Å²) < 4.78 is 21.2. The summed E-state index contributed by atoms with van der Waals surface area (Å²) in [6.45, 7) is 5.44. The molecular formula is C23H21FN8OS. The third kappa shape index (κ3) is 3.48. The van der Waals surface area contributed by atoms with Crippen LogP contribution in [0.3, 0.4) is 0 Å². The predicted octanol–water partition coefficient (Wildman–Crippen LogP) is 3.58. The topological polar surface area (TPSA) is 84.6 Å². The van der Waals surface area contributed by atoms with E-state index < -0.39 is 5.82 Å². The smallest absolute Gasteiger partial charge is 0.208 e. The van der Waals surface area contributed by atoms with Crippen LogP contribution in [0.25, 0.3) is 27.7 Å². The Bertz CT molecular complexity index is 1510. The predicted molar refractivity (Wildman–Crippen MR) is 129 cm³/mol. The Morgan fingerprint density at radius 3 is 2.59 bits per heavy atom. The molecule has 5 aromatic rings. The molecule has 0 spiro atoms. The number of benzene rings is 1. The molecule has 0 radical (unpaired) electrons. The van der Waals surface area contributed by atoms with E-state index in [1.165, 1.54) is 13.2 Å². The average molecular weight is 477 g/mol. The van der Waals surface area contributed by atoms with Gasteiger partial charge in [0.15, 0.2) is 17.2 Å². The molecule has 4 aromatic heterocycles. The van der Waals surface area contributed by atoms with Gasteiger partial charge in [-0.05, 0) is 24.6 Å². The fourth-order valence-corrected chi connectivity index (χ4v) is 5.07. The van der Waals surface area contributed by atoms with E-state index in [0.29, 0.717) is 5.52 Å². The molecule has 0 amide bonds. The van der Waals surface area contributed by atoms with Crippen LogP contribution >= 0.6 is 11.3 Å². The van der Waals surface area contributed by atoms with Crippen LogP contribution in [0, 0.1) is 12.7 Å². The highest BCUT2D eigenvalue weighted by Crippen LogP contribution is 2.34. The van der Waals surface area contributed by atoms with Gasteiger partial charge in [0.2, 0.25) is 5.13 Å². The molecule has 0 unspecified atom stereocenters. The number of anilines is 2. The SMILES string of the molecule is COc1cc2c(-c3cnn4cc(N5CCN(c6nnc(C)s6)CC5)cnc34)ccnc2cc1F. The number of halogens is 1. The Hall–Kier alpha value is -3.86. The molecule has 1 aliphatic heterocycles. The highest BCUT2D eigenvalue weighted by atomic mass is 32.1. The van der Waals surface area contributed by atoms with E-state index in [2.05, 4.69) is 30.1 Å². The van der Waals surface area contributed by atoms with Crippen molar-refractivity contribution in [2.24, 2.45) is 0 Å². The molecule has 34 heavy (non-hydrogen) atoms. The molecule has 172 valence electrons. The van der Waals surface area contributed by atoms with Crippen molar-refractivity contribution in [2.75, 3.05) is 43.1 Å². The number of piperazine rings is 1. The third-order valence-corrected chi connectivity index (χ3v) is 6.98. The van der Waals surface area contributed by atoms with Crippen molar-refractivity contribution in [1.29, 1.82) is 0 Å². The Morgan fingerprint density at radius 2 is 1.82 bits per heavy atom. The van der Waals surface area contributed by atoms with Gasteiger partial charge in [-0.3, -0.25) is 4.98 Å². The normalized spacial score (nSPS) is 14.3. The molecule has 0 atom stereocenters. The quantitative estimate of drug-likeness (QED) is 0.389. The molecule has 1 fully saturated rings. The van der Waals surface area contributed by atoms with Crippen LogP contribution in [0.2, 0.25) is 0 Å². The Labute approximate surface area is 198 Å². The average Bonchev–Trinajstić information content (AvgIpc) is 3.49. The Balaban J connectivity index is 1.30. The zero-order chi connectivity index (χ0) is 23.2. The largest absolute Gasteiger partial charge is 0.494 e. The number of hydrogen-bond acceptors (Lipinski definition) is 9. The number of aryl methyl sites for hydroxylation is 1. The maximum Gasteiger partial charge on any atom is 0.208 e. The summed E-state index contributed by atoms with van der Waals surface area (Å²) in [5.41, 5.74) is 4.01. The fourth-order valence-electron chi connectivity index (χ4n) is 4.33. The fraction of sp³-hybridized carbons (Fsp3) is 0.261. The van der Waals surface area contributed by atoms with Crippen LogP contribution < -0.4 is 14.5 Å². The number of hydrogen-bond donors (Lipinski definition) is 0. The minimum Gasteiger partial charge on any atom is -0.494 e.